The predicted molar refractivity (Wildman–Crippen MR) is 117 cm³/mol. The largest absolute Gasteiger partial charge is 0.393 e. The predicted octanol–water partition coefficient (Wildman–Crippen LogP) is 1.48. The molecule has 0 radical (unpaired) electrons. The first-order valence-electron chi connectivity index (χ1n) is 11.1. The van der Waals surface area contributed by atoms with E-state index in [-0.39, 0.29) is 49.3 Å². The lowest BCUT2D eigenvalue weighted by Crippen LogP contribution is -2.48. The van der Waals surface area contributed by atoms with Gasteiger partial charge in [-0.3, -0.25) is 19.2 Å². The van der Waals surface area contributed by atoms with Gasteiger partial charge < -0.3 is 21.5 Å². The van der Waals surface area contributed by atoms with Crippen molar-refractivity contribution in [2.45, 2.75) is 91.2 Å². The van der Waals surface area contributed by atoms with Crippen LogP contribution >= 0.6 is 0 Å². The molecule has 1 unspecified atom stereocenters. The van der Waals surface area contributed by atoms with Crippen molar-refractivity contribution in [1.82, 2.24) is 10.6 Å². The highest BCUT2D eigenvalue weighted by Crippen LogP contribution is 2.12. The maximum Gasteiger partial charge on any atom is 0.226 e. The molecular weight excluding hydrogens is 386 g/mol. The Bertz CT molecular complexity index is 549. The van der Waals surface area contributed by atoms with E-state index in [2.05, 4.69) is 17.6 Å². The number of hydrogen-bond donors (Lipinski definition) is 4. The van der Waals surface area contributed by atoms with Crippen molar-refractivity contribution >= 4 is 23.4 Å². The topological polar surface area (TPSA) is 139 Å². The molecule has 0 aromatic heterocycles. The maximum atomic E-state index is 12.6. The van der Waals surface area contributed by atoms with Crippen molar-refractivity contribution < 1.29 is 24.3 Å². The molecule has 0 rings (SSSR count). The molecule has 0 aliphatic carbocycles. The van der Waals surface area contributed by atoms with E-state index in [1.807, 2.05) is 0 Å². The second kappa shape index (κ2) is 16.0. The van der Waals surface area contributed by atoms with Crippen LogP contribution in [-0.4, -0.2) is 53.7 Å². The van der Waals surface area contributed by atoms with Gasteiger partial charge in [-0.2, -0.15) is 0 Å². The minimum Gasteiger partial charge on any atom is -0.393 e. The van der Waals surface area contributed by atoms with Crippen LogP contribution in [0, 0.1) is 11.8 Å². The van der Waals surface area contributed by atoms with Crippen LogP contribution < -0.4 is 16.4 Å². The molecule has 0 saturated carbocycles. The Balaban J connectivity index is 4.61. The zero-order valence-electron chi connectivity index (χ0n) is 19.0. The van der Waals surface area contributed by atoms with Crippen molar-refractivity contribution in [3.05, 3.63) is 0 Å². The fraction of sp³-hybridized carbons (Fsp3) is 0.818. The molecule has 30 heavy (non-hydrogen) atoms. The Morgan fingerprint density at radius 3 is 2.17 bits per heavy atom. The number of nitrogens with two attached hydrogens (primary N) is 1. The summed E-state index contributed by atoms with van der Waals surface area (Å²) in [5.74, 6) is -2.51. The average molecular weight is 428 g/mol. The number of Topliss-reactive ketones (excluding diaryl/α,β-unsaturated/α-hetero) is 2. The van der Waals surface area contributed by atoms with Gasteiger partial charge in [0.25, 0.3) is 0 Å². The molecule has 174 valence electrons. The molecule has 0 fully saturated rings. The summed E-state index contributed by atoms with van der Waals surface area (Å²) in [4.78, 5) is 48.9. The second-order valence-corrected chi connectivity index (χ2v) is 8.23. The monoisotopic (exact) mass is 427 g/mol. The highest BCUT2D eigenvalue weighted by molar-refractivity contribution is 5.93. The van der Waals surface area contributed by atoms with Crippen molar-refractivity contribution in [2.75, 3.05) is 13.1 Å². The van der Waals surface area contributed by atoms with E-state index < -0.39 is 24.0 Å². The minimum absolute atomic E-state index is 0.143. The van der Waals surface area contributed by atoms with Crippen molar-refractivity contribution in [3.63, 3.8) is 0 Å². The summed E-state index contributed by atoms with van der Waals surface area (Å²) >= 11 is 0. The number of nitrogens with one attached hydrogen (secondary N) is 2. The number of unbranched alkanes of at least 4 members (excludes halogenated alkanes) is 4. The van der Waals surface area contributed by atoms with Gasteiger partial charge in [0.05, 0.1) is 24.6 Å². The maximum absolute atomic E-state index is 12.6. The van der Waals surface area contributed by atoms with Crippen molar-refractivity contribution in [1.29, 1.82) is 0 Å². The van der Waals surface area contributed by atoms with E-state index in [1.54, 1.807) is 13.8 Å². The van der Waals surface area contributed by atoms with Gasteiger partial charge in [0, 0.05) is 18.8 Å². The quantitative estimate of drug-likeness (QED) is 0.259. The molecule has 5 N–H and O–H groups in total. The first kappa shape index (κ1) is 28.2. The van der Waals surface area contributed by atoms with E-state index in [9.17, 15) is 24.3 Å². The van der Waals surface area contributed by atoms with E-state index in [0.29, 0.717) is 6.42 Å². The molecule has 0 bridgehead atoms. The summed E-state index contributed by atoms with van der Waals surface area (Å²) < 4.78 is 0. The molecule has 8 nitrogen and oxygen atoms in total. The molecular formula is C22H41N3O5. The van der Waals surface area contributed by atoms with Crippen LogP contribution in [0.3, 0.4) is 0 Å². The first-order chi connectivity index (χ1) is 14.1. The molecule has 3 atom stereocenters. The summed E-state index contributed by atoms with van der Waals surface area (Å²) in [5, 5.41) is 15.2. The number of amides is 2. The fourth-order valence-corrected chi connectivity index (χ4v) is 3.11. The highest BCUT2D eigenvalue weighted by atomic mass is 16.3. The molecule has 0 spiro atoms. The van der Waals surface area contributed by atoms with Crippen LogP contribution in [-0.2, 0) is 19.2 Å². The molecule has 0 aromatic carbocycles. The molecule has 0 heterocycles. The Morgan fingerprint density at radius 2 is 1.63 bits per heavy atom. The van der Waals surface area contributed by atoms with E-state index >= 15 is 0 Å². The lowest BCUT2D eigenvalue weighted by atomic mass is 9.93. The molecule has 2 amide bonds. The van der Waals surface area contributed by atoms with Crippen LogP contribution in [0.1, 0.15) is 79.1 Å². The van der Waals surface area contributed by atoms with Gasteiger partial charge in [0.2, 0.25) is 11.8 Å². The smallest absolute Gasteiger partial charge is 0.226 e. The minimum atomic E-state index is -1.07. The number of aliphatic hydroxyl groups is 1. The van der Waals surface area contributed by atoms with Crippen LogP contribution in [0.4, 0.5) is 0 Å². The third-order valence-corrected chi connectivity index (χ3v) is 5.04. The van der Waals surface area contributed by atoms with Gasteiger partial charge >= 0.3 is 0 Å². The van der Waals surface area contributed by atoms with Crippen molar-refractivity contribution in [2.24, 2.45) is 17.6 Å². The fourth-order valence-electron chi connectivity index (χ4n) is 3.11. The first-order valence-corrected chi connectivity index (χ1v) is 11.1. The molecule has 0 aliphatic heterocycles. The summed E-state index contributed by atoms with van der Waals surface area (Å²) in [7, 11) is 0. The van der Waals surface area contributed by atoms with E-state index in [1.165, 1.54) is 6.92 Å². The second-order valence-electron chi connectivity index (χ2n) is 8.23. The number of aliphatic hydroxyl groups excluding tert-OH is 1. The third kappa shape index (κ3) is 12.0. The van der Waals surface area contributed by atoms with E-state index in [4.69, 9.17) is 5.73 Å². The average Bonchev–Trinajstić information content (AvgIpc) is 2.68. The summed E-state index contributed by atoms with van der Waals surface area (Å²) in [6.45, 7) is 7.07. The van der Waals surface area contributed by atoms with Gasteiger partial charge in [0.15, 0.2) is 11.6 Å². The summed E-state index contributed by atoms with van der Waals surface area (Å²) in [5.41, 5.74) is 5.54. The lowest BCUT2D eigenvalue weighted by molar-refractivity contribution is -0.136. The zero-order valence-corrected chi connectivity index (χ0v) is 19.0. The molecule has 0 aliphatic rings. The Hall–Kier alpha value is -1.80. The molecule has 0 aromatic rings. The van der Waals surface area contributed by atoms with E-state index in [0.717, 1.165) is 32.1 Å². The summed E-state index contributed by atoms with van der Waals surface area (Å²) in [6, 6.07) is -0.744. The van der Waals surface area contributed by atoms with Gasteiger partial charge in [-0.25, -0.2) is 0 Å². The summed E-state index contributed by atoms with van der Waals surface area (Å²) in [6.07, 6.45) is 4.52. The SMILES string of the molecule is CCCCCCCC(=O)NCC(=O)C[C@H](C(=O)N[C@@H](CCN)C(=O)C(C)C)C(C)O. The highest BCUT2D eigenvalue weighted by Gasteiger charge is 2.30. The van der Waals surface area contributed by atoms with Gasteiger partial charge in [-0.05, 0) is 26.3 Å². The third-order valence-electron chi connectivity index (χ3n) is 5.04. The van der Waals surface area contributed by atoms with Crippen LogP contribution in [0.15, 0.2) is 0 Å². The normalized spacial score (nSPS) is 14.1. The number of carbonyl (C=O) groups excluding carboxylic acids is 4. The molecule has 8 heteroatoms. The van der Waals surface area contributed by atoms with Gasteiger partial charge in [-0.1, -0.05) is 46.5 Å². The van der Waals surface area contributed by atoms with Gasteiger partial charge in [0.1, 0.15) is 0 Å². The van der Waals surface area contributed by atoms with Gasteiger partial charge in [-0.15, -0.1) is 0 Å². The zero-order chi connectivity index (χ0) is 23.1. The van der Waals surface area contributed by atoms with Crippen LogP contribution in [0.25, 0.3) is 0 Å². The number of rotatable bonds is 17. The lowest BCUT2D eigenvalue weighted by Gasteiger charge is -2.24. The van der Waals surface area contributed by atoms with Crippen LogP contribution in [0.2, 0.25) is 0 Å². The van der Waals surface area contributed by atoms with Crippen molar-refractivity contribution in [3.8, 4) is 0 Å². The molecule has 0 saturated heterocycles. The number of ketones is 2. The standard InChI is InChI=1S/C22H41N3O5/c1-5-6-7-8-9-10-20(28)24-14-17(27)13-18(16(4)26)22(30)25-19(11-12-23)21(29)15(2)3/h15-16,18-19,26H,5-14,23H2,1-4H3,(H,24,28)(H,25,30)/t16?,18-,19-/m0/s1. The Labute approximate surface area is 180 Å². The van der Waals surface area contributed by atoms with Crippen LogP contribution in [0.5, 0.6) is 0 Å². The Morgan fingerprint density at radius 1 is 1.00 bits per heavy atom. The number of carbonyl (C=O) groups is 4. The Kier molecular flexibility index (Phi) is 15.0. The number of hydrogen-bond acceptors (Lipinski definition) is 6.